The van der Waals surface area contributed by atoms with Crippen LogP contribution in [0.3, 0.4) is 0 Å². The summed E-state index contributed by atoms with van der Waals surface area (Å²) in [7, 11) is 0. The number of rotatable bonds is 7. The monoisotopic (exact) mass is 514 g/mol. The smallest absolute Gasteiger partial charge is 0.415 e. The van der Waals surface area contributed by atoms with Gasteiger partial charge in [-0.05, 0) is 47.3 Å². The molecule has 1 fully saturated rings. The first-order valence-electron chi connectivity index (χ1n) is 10.9. The predicted octanol–water partition coefficient (Wildman–Crippen LogP) is 4.53. The summed E-state index contributed by atoms with van der Waals surface area (Å²) in [5.41, 5.74) is 1.39. The number of ether oxygens (including phenoxy) is 1. The second-order valence-electron chi connectivity index (χ2n) is 8.22. The highest BCUT2D eigenvalue weighted by molar-refractivity contribution is 9.10. The third kappa shape index (κ3) is 5.33. The van der Waals surface area contributed by atoms with E-state index in [2.05, 4.69) is 37.9 Å². The maximum absolute atomic E-state index is 13.1. The zero-order chi connectivity index (χ0) is 23.4. The standard InChI is InChI=1S/C23H27BrN6O3/c1-15(2)33-23(32)29(13-16-6-5-9-25-11-16)21-10-20(28-22-18(24)12-26-30(21)22)27-19-8-4-3-7-17(19)14-31/h5-6,9-12,17,19,31H,1,3-4,7-8,13-14H2,2H3,(H,27,28)/t17-,19-/m1/s1. The van der Waals surface area contributed by atoms with Crippen molar-refractivity contribution in [3.8, 4) is 0 Å². The maximum atomic E-state index is 13.1. The number of aliphatic hydroxyl groups is 1. The molecule has 0 radical (unpaired) electrons. The van der Waals surface area contributed by atoms with E-state index in [0.29, 0.717) is 21.8 Å². The van der Waals surface area contributed by atoms with Gasteiger partial charge in [-0.3, -0.25) is 9.88 Å². The minimum absolute atomic E-state index is 0.0994. The fourth-order valence-electron chi connectivity index (χ4n) is 4.11. The Morgan fingerprint density at radius 2 is 2.21 bits per heavy atom. The number of amides is 1. The summed E-state index contributed by atoms with van der Waals surface area (Å²) in [6.45, 7) is 5.67. The molecule has 3 heterocycles. The van der Waals surface area contributed by atoms with Gasteiger partial charge in [-0.1, -0.05) is 25.5 Å². The van der Waals surface area contributed by atoms with E-state index in [1.165, 1.54) is 4.90 Å². The van der Waals surface area contributed by atoms with Gasteiger partial charge >= 0.3 is 6.09 Å². The SMILES string of the molecule is C=C(C)OC(=O)N(Cc1cccnc1)c1cc(N[C@@H]2CCCC[C@@H]2CO)nc2c(Br)cnn12. The second kappa shape index (κ2) is 10.3. The van der Waals surface area contributed by atoms with Gasteiger partial charge in [0.15, 0.2) is 5.65 Å². The molecule has 0 unspecified atom stereocenters. The van der Waals surface area contributed by atoms with Gasteiger partial charge in [0.25, 0.3) is 0 Å². The van der Waals surface area contributed by atoms with Crippen molar-refractivity contribution in [3.05, 3.63) is 59.2 Å². The number of allylic oxidation sites excluding steroid dienone is 1. The molecule has 10 heteroatoms. The average molecular weight is 515 g/mol. The lowest BCUT2D eigenvalue weighted by atomic mass is 9.85. The van der Waals surface area contributed by atoms with Crippen LogP contribution in [0.25, 0.3) is 5.65 Å². The van der Waals surface area contributed by atoms with Crippen LogP contribution in [0.1, 0.15) is 38.2 Å². The fraction of sp³-hybridized carbons (Fsp3) is 0.391. The lowest BCUT2D eigenvalue weighted by Gasteiger charge is -2.31. The average Bonchev–Trinajstić information content (AvgIpc) is 3.18. The number of fused-ring (bicyclic) bond motifs is 1. The summed E-state index contributed by atoms with van der Waals surface area (Å²) in [6, 6.07) is 5.58. The molecule has 3 aromatic rings. The molecule has 9 nitrogen and oxygen atoms in total. The highest BCUT2D eigenvalue weighted by Gasteiger charge is 2.27. The Morgan fingerprint density at radius 3 is 2.94 bits per heavy atom. The van der Waals surface area contributed by atoms with Crippen LogP contribution in [-0.2, 0) is 11.3 Å². The van der Waals surface area contributed by atoms with E-state index in [1.807, 2.05) is 12.1 Å². The summed E-state index contributed by atoms with van der Waals surface area (Å²) in [5.74, 6) is 1.53. The van der Waals surface area contributed by atoms with Crippen LogP contribution >= 0.6 is 15.9 Å². The molecular formula is C23H27BrN6O3. The molecule has 1 saturated carbocycles. The number of nitrogens with zero attached hydrogens (tertiary/aromatic N) is 5. The molecule has 0 bridgehead atoms. The molecule has 33 heavy (non-hydrogen) atoms. The van der Waals surface area contributed by atoms with Crippen molar-refractivity contribution in [3.63, 3.8) is 0 Å². The lowest BCUT2D eigenvalue weighted by Crippen LogP contribution is -2.35. The van der Waals surface area contributed by atoms with E-state index in [9.17, 15) is 9.90 Å². The molecule has 4 rings (SSSR count). The summed E-state index contributed by atoms with van der Waals surface area (Å²) in [5, 5.41) is 17.7. The topological polar surface area (TPSA) is 105 Å². The third-order valence-corrected chi connectivity index (χ3v) is 6.27. The van der Waals surface area contributed by atoms with Gasteiger partial charge in [0, 0.05) is 37.0 Å². The third-order valence-electron chi connectivity index (χ3n) is 5.71. The lowest BCUT2D eigenvalue weighted by molar-refractivity contribution is 0.178. The molecule has 0 aliphatic heterocycles. The largest absolute Gasteiger partial charge is 0.420 e. The van der Waals surface area contributed by atoms with Crippen molar-refractivity contribution in [2.45, 2.75) is 45.2 Å². The number of anilines is 2. The quantitative estimate of drug-likeness (QED) is 0.446. The van der Waals surface area contributed by atoms with Crippen molar-refractivity contribution in [1.82, 2.24) is 19.6 Å². The van der Waals surface area contributed by atoms with Crippen LogP contribution in [0.4, 0.5) is 16.4 Å². The van der Waals surface area contributed by atoms with Crippen LogP contribution in [0.2, 0.25) is 0 Å². The van der Waals surface area contributed by atoms with E-state index < -0.39 is 6.09 Å². The molecule has 0 saturated heterocycles. The number of hydrogen-bond donors (Lipinski definition) is 2. The van der Waals surface area contributed by atoms with Gasteiger partial charge in [-0.15, -0.1) is 0 Å². The first kappa shape index (κ1) is 23.2. The predicted molar refractivity (Wildman–Crippen MR) is 129 cm³/mol. The Hall–Kier alpha value is -2.98. The molecular weight excluding hydrogens is 488 g/mol. The number of nitrogens with one attached hydrogen (secondary N) is 1. The molecule has 2 N–H and O–H groups in total. The second-order valence-corrected chi connectivity index (χ2v) is 9.08. The normalized spacial score (nSPS) is 18.2. The van der Waals surface area contributed by atoms with Crippen molar-refractivity contribution in [2.75, 3.05) is 16.8 Å². The van der Waals surface area contributed by atoms with Crippen molar-refractivity contribution in [1.29, 1.82) is 0 Å². The Balaban J connectivity index is 1.76. The Kier molecular flexibility index (Phi) is 7.24. The van der Waals surface area contributed by atoms with Crippen LogP contribution in [0, 0.1) is 5.92 Å². The van der Waals surface area contributed by atoms with Gasteiger partial charge in [-0.2, -0.15) is 9.61 Å². The number of pyridine rings is 1. The van der Waals surface area contributed by atoms with Gasteiger partial charge in [-0.25, -0.2) is 9.78 Å². The molecule has 1 aliphatic carbocycles. The van der Waals surface area contributed by atoms with E-state index in [1.54, 1.807) is 36.1 Å². The van der Waals surface area contributed by atoms with Gasteiger partial charge in [0.1, 0.15) is 11.6 Å². The number of aromatic nitrogens is 4. The summed E-state index contributed by atoms with van der Waals surface area (Å²) >= 11 is 3.51. The first-order valence-corrected chi connectivity index (χ1v) is 11.7. The molecule has 174 valence electrons. The first-order chi connectivity index (χ1) is 16.0. The number of hydrogen-bond acceptors (Lipinski definition) is 7. The molecule has 1 aliphatic rings. The number of aliphatic hydroxyl groups excluding tert-OH is 1. The summed E-state index contributed by atoms with van der Waals surface area (Å²) < 4.78 is 7.66. The molecule has 2 atom stereocenters. The fourth-order valence-corrected chi connectivity index (χ4v) is 4.46. The van der Waals surface area contributed by atoms with Crippen molar-refractivity contribution < 1.29 is 14.6 Å². The maximum Gasteiger partial charge on any atom is 0.420 e. The minimum atomic E-state index is -0.581. The molecule has 3 aromatic heterocycles. The van der Waals surface area contributed by atoms with E-state index in [0.717, 1.165) is 31.2 Å². The zero-order valence-corrected chi connectivity index (χ0v) is 20.0. The van der Waals surface area contributed by atoms with Crippen LogP contribution in [-0.4, -0.2) is 43.4 Å². The van der Waals surface area contributed by atoms with Crippen LogP contribution in [0.5, 0.6) is 0 Å². The van der Waals surface area contributed by atoms with Gasteiger partial charge in [0.05, 0.1) is 23.0 Å². The van der Waals surface area contributed by atoms with Gasteiger partial charge in [0.2, 0.25) is 0 Å². The molecule has 0 spiro atoms. The summed E-state index contributed by atoms with van der Waals surface area (Å²) in [4.78, 5) is 23.5. The Labute approximate surface area is 200 Å². The van der Waals surface area contributed by atoms with Crippen LogP contribution < -0.4 is 10.2 Å². The van der Waals surface area contributed by atoms with E-state index >= 15 is 0 Å². The number of halogens is 1. The van der Waals surface area contributed by atoms with E-state index in [4.69, 9.17) is 9.72 Å². The zero-order valence-electron chi connectivity index (χ0n) is 18.4. The Bertz CT molecular complexity index is 1140. The van der Waals surface area contributed by atoms with Crippen molar-refractivity contribution in [2.24, 2.45) is 5.92 Å². The highest BCUT2D eigenvalue weighted by atomic mass is 79.9. The summed E-state index contributed by atoms with van der Waals surface area (Å²) in [6.07, 6.45) is 8.56. The Morgan fingerprint density at radius 1 is 1.39 bits per heavy atom. The minimum Gasteiger partial charge on any atom is -0.415 e. The number of carbonyl (C=O) groups is 1. The molecule has 0 aromatic carbocycles. The van der Waals surface area contributed by atoms with Crippen molar-refractivity contribution >= 4 is 39.3 Å². The highest BCUT2D eigenvalue weighted by Crippen LogP contribution is 2.30. The van der Waals surface area contributed by atoms with Gasteiger partial charge < -0.3 is 15.2 Å². The van der Waals surface area contributed by atoms with E-state index in [-0.39, 0.29) is 30.9 Å². The number of carbonyl (C=O) groups excluding carboxylic acids is 1. The van der Waals surface area contributed by atoms with Crippen LogP contribution in [0.15, 0.2) is 53.6 Å². The molecule has 1 amide bonds.